The fraction of sp³-hybridized carbons (Fsp3) is 0.0400. The molecule has 0 atom stereocenters. The number of aromatic nitrogens is 1. The molecule has 142 valence electrons. The second-order valence-electron chi connectivity index (χ2n) is 6.72. The van der Waals surface area contributed by atoms with E-state index in [0.29, 0.717) is 14.8 Å². The molecule has 0 saturated carbocycles. The number of nitrogens with zero attached hydrogens (tertiary/aromatic N) is 1. The molecule has 1 heterocycles. The fourth-order valence-corrected chi connectivity index (χ4v) is 4.01. The summed E-state index contributed by atoms with van der Waals surface area (Å²) in [7, 11) is 0. The maximum atomic E-state index is 13.2. The van der Waals surface area contributed by atoms with Crippen LogP contribution in [0.15, 0.2) is 94.5 Å². The van der Waals surface area contributed by atoms with E-state index in [1.165, 1.54) is 15.9 Å². The van der Waals surface area contributed by atoms with Crippen molar-refractivity contribution in [3.8, 4) is 5.69 Å². The number of benzene rings is 3. The van der Waals surface area contributed by atoms with Gasteiger partial charge in [0.2, 0.25) is 0 Å². The van der Waals surface area contributed by atoms with Crippen molar-refractivity contribution in [2.75, 3.05) is 0 Å². The van der Waals surface area contributed by atoms with Crippen LogP contribution in [0.3, 0.4) is 0 Å². The number of rotatable bonds is 3. The molecule has 0 fully saturated rings. The normalized spacial score (nSPS) is 12.3. The lowest BCUT2D eigenvalue weighted by atomic mass is 10.2. The van der Waals surface area contributed by atoms with E-state index >= 15 is 0 Å². The van der Waals surface area contributed by atoms with Crippen LogP contribution in [0.1, 0.15) is 16.7 Å². The standard InChI is InChI=1S/C25H19NO2S/c1-18-12-14-21(15-13-18)26-24(27)22(16-19-8-4-2-5-9-19)29-23(25(26)28)17-20-10-6-3-7-11-20/h2-17H,1H3. The molecule has 0 aliphatic rings. The average Bonchev–Trinajstić information content (AvgIpc) is 2.74. The largest absolute Gasteiger partial charge is 0.275 e. The van der Waals surface area contributed by atoms with Gasteiger partial charge in [-0.25, -0.2) is 4.57 Å². The van der Waals surface area contributed by atoms with Crippen LogP contribution in [0.5, 0.6) is 0 Å². The van der Waals surface area contributed by atoms with Gasteiger partial charge in [0, 0.05) is 0 Å². The third kappa shape index (κ3) is 4.18. The molecule has 0 amide bonds. The second kappa shape index (κ2) is 8.25. The molecule has 0 saturated heterocycles. The Labute approximate surface area is 172 Å². The summed E-state index contributed by atoms with van der Waals surface area (Å²) in [4.78, 5) is 26.4. The predicted octanol–water partition coefficient (Wildman–Crippen LogP) is 3.23. The number of hydrogen-bond donors (Lipinski definition) is 0. The third-order valence-corrected chi connectivity index (χ3v) is 5.56. The summed E-state index contributed by atoms with van der Waals surface area (Å²) in [5.41, 5.74) is 2.86. The molecule has 0 spiro atoms. The molecule has 3 nitrogen and oxygen atoms in total. The van der Waals surface area contributed by atoms with Crippen LogP contribution < -0.4 is 20.2 Å². The third-order valence-electron chi connectivity index (χ3n) is 4.53. The summed E-state index contributed by atoms with van der Waals surface area (Å²) in [5.74, 6) is 0. The first kappa shape index (κ1) is 18.8. The summed E-state index contributed by atoms with van der Waals surface area (Å²) in [6.07, 6.45) is 3.67. The lowest BCUT2D eigenvalue weighted by Gasteiger charge is -2.05. The van der Waals surface area contributed by atoms with Gasteiger partial charge in [-0.2, -0.15) is 0 Å². The van der Waals surface area contributed by atoms with Gasteiger partial charge in [-0.05, 0) is 42.3 Å². The summed E-state index contributed by atoms with van der Waals surface area (Å²) < 4.78 is 2.29. The Morgan fingerprint density at radius 1 is 0.655 bits per heavy atom. The highest BCUT2D eigenvalue weighted by atomic mass is 32.1. The molecule has 0 bridgehead atoms. The Hall–Kier alpha value is -3.50. The van der Waals surface area contributed by atoms with Crippen LogP contribution in [0.2, 0.25) is 0 Å². The molecular weight excluding hydrogens is 378 g/mol. The topological polar surface area (TPSA) is 39.1 Å². The van der Waals surface area contributed by atoms with Gasteiger partial charge < -0.3 is 0 Å². The van der Waals surface area contributed by atoms with Crippen molar-refractivity contribution >= 4 is 23.5 Å². The first-order chi connectivity index (χ1) is 14.1. The summed E-state index contributed by atoms with van der Waals surface area (Å²) in [5, 5.41) is 0. The summed E-state index contributed by atoms with van der Waals surface area (Å²) >= 11 is 1.22. The van der Waals surface area contributed by atoms with Crippen molar-refractivity contribution in [2.45, 2.75) is 6.92 Å². The monoisotopic (exact) mass is 397 g/mol. The van der Waals surface area contributed by atoms with E-state index in [-0.39, 0.29) is 11.1 Å². The molecule has 0 aliphatic heterocycles. The Morgan fingerprint density at radius 3 is 1.55 bits per heavy atom. The highest BCUT2D eigenvalue weighted by Gasteiger charge is 2.08. The van der Waals surface area contributed by atoms with E-state index in [1.54, 1.807) is 12.1 Å². The zero-order chi connectivity index (χ0) is 20.2. The second-order valence-corrected chi connectivity index (χ2v) is 7.81. The van der Waals surface area contributed by atoms with Crippen LogP contribution in [0.25, 0.3) is 17.8 Å². The molecule has 0 radical (unpaired) electrons. The maximum Gasteiger partial charge on any atom is 0.275 e. The van der Waals surface area contributed by atoms with Crippen molar-refractivity contribution in [2.24, 2.45) is 0 Å². The molecule has 29 heavy (non-hydrogen) atoms. The Balaban J connectivity index is 2.06. The van der Waals surface area contributed by atoms with E-state index in [4.69, 9.17) is 0 Å². The van der Waals surface area contributed by atoms with Crippen LogP contribution in [0.4, 0.5) is 0 Å². The lowest BCUT2D eigenvalue weighted by Crippen LogP contribution is -2.47. The molecule has 0 N–H and O–H groups in total. The van der Waals surface area contributed by atoms with Crippen molar-refractivity contribution in [3.05, 3.63) is 131 Å². The smallest absolute Gasteiger partial charge is 0.267 e. The van der Waals surface area contributed by atoms with Gasteiger partial charge in [-0.3, -0.25) is 9.59 Å². The van der Waals surface area contributed by atoms with Crippen LogP contribution in [-0.4, -0.2) is 4.57 Å². The van der Waals surface area contributed by atoms with Crippen molar-refractivity contribution < 1.29 is 0 Å². The number of aryl methyl sites for hydroxylation is 1. The van der Waals surface area contributed by atoms with Crippen LogP contribution in [0, 0.1) is 6.92 Å². The minimum atomic E-state index is -0.307. The SMILES string of the molecule is Cc1ccc(-n2c(=O)c(=Cc3ccccc3)sc(=Cc3ccccc3)c2=O)cc1. The molecule has 0 aliphatic carbocycles. The van der Waals surface area contributed by atoms with Crippen LogP contribution >= 0.6 is 11.3 Å². The minimum Gasteiger partial charge on any atom is -0.267 e. The lowest BCUT2D eigenvalue weighted by molar-refractivity contribution is 0.937. The Bertz CT molecular complexity index is 1280. The van der Waals surface area contributed by atoms with Crippen molar-refractivity contribution in [1.29, 1.82) is 0 Å². The fourth-order valence-electron chi connectivity index (χ4n) is 3.03. The molecular formula is C25H19NO2S. The highest BCUT2D eigenvalue weighted by Crippen LogP contribution is 2.05. The predicted molar refractivity (Wildman–Crippen MR) is 120 cm³/mol. The van der Waals surface area contributed by atoms with Crippen molar-refractivity contribution in [3.63, 3.8) is 0 Å². The van der Waals surface area contributed by atoms with Gasteiger partial charge in [0.05, 0.1) is 14.8 Å². The minimum absolute atomic E-state index is 0.307. The highest BCUT2D eigenvalue weighted by molar-refractivity contribution is 7.07. The van der Waals surface area contributed by atoms with E-state index in [0.717, 1.165) is 16.7 Å². The molecule has 4 rings (SSSR count). The summed E-state index contributed by atoms with van der Waals surface area (Å²) in [6, 6.07) is 26.7. The van der Waals surface area contributed by atoms with Gasteiger partial charge in [-0.1, -0.05) is 78.4 Å². The van der Waals surface area contributed by atoms with Gasteiger partial charge in [0.15, 0.2) is 0 Å². The molecule has 1 aromatic heterocycles. The molecule has 3 aromatic carbocycles. The molecule has 0 unspecified atom stereocenters. The molecule has 4 heteroatoms. The first-order valence-corrected chi connectivity index (χ1v) is 10.1. The zero-order valence-electron chi connectivity index (χ0n) is 15.9. The van der Waals surface area contributed by atoms with Gasteiger partial charge >= 0.3 is 0 Å². The van der Waals surface area contributed by atoms with E-state index in [9.17, 15) is 9.59 Å². The average molecular weight is 397 g/mol. The maximum absolute atomic E-state index is 13.2. The van der Waals surface area contributed by atoms with Crippen molar-refractivity contribution in [1.82, 2.24) is 4.57 Å². The molecule has 4 aromatic rings. The summed E-state index contributed by atoms with van der Waals surface area (Å²) in [6.45, 7) is 1.97. The van der Waals surface area contributed by atoms with Gasteiger partial charge in [0.25, 0.3) is 11.1 Å². The van der Waals surface area contributed by atoms with Gasteiger partial charge in [0.1, 0.15) is 0 Å². The Kier molecular flexibility index (Phi) is 5.36. The number of hydrogen-bond acceptors (Lipinski definition) is 3. The van der Waals surface area contributed by atoms with Gasteiger partial charge in [-0.15, -0.1) is 11.3 Å². The quantitative estimate of drug-likeness (QED) is 0.532. The van der Waals surface area contributed by atoms with E-state index in [1.807, 2.05) is 91.9 Å². The van der Waals surface area contributed by atoms with E-state index in [2.05, 4.69) is 0 Å². The van der Waals surface area contributed by atoms with Crippen LogP contribution in [-0.2, 0) is 0 Å². The first-order valence-electron chi connectivity index (χ1n) is 9.28. The zero-order valence-corrected chi connectivity index (χ0v) is 16.7. The Morgan fingerprint density at radius 2 is 1.10 bits per heavy atom. The van der Waals surface area contributed by atoms with E-state index < -0.39 is 0 Å².